The first kappa shape index (κ1) is 14.5. The normalized spacial score (nSPS) is 12.5. The van der Waals surface area contributed by atoms with Crippen molar-refractivity contribution in [2.45, 2.75) is 39.8 Å². The fourth-order valence-electron chi connectivity index (χ4n) is 2.26. The molecule has 0 amide bonds. The Morgan fingerprint density at radius 3 is 2.00 bits per heavy atom. The van der Waals surface area contributed by atoms with Gasteiger partial charge in [-0.25, -0.2) is 0 Å². The van der Waals surface area contributed by atoms with Gasteiger partial charge in [0.2, 0.25) is 0 Å². The molecule has 1 aromatic carbocycles. The summed E-state index contributed by atoms with van der Waals surface area (Å²) in [6.45, 7) is 8.01. The molecule has 0 radical (unpaired) electrons. The number of benzene rings is 1. The molecule has 2 N–H and O–H groups in total. The highest BCUT2D eigenvalue weighted by Gasteiger charge is 2.10. The minimum Gasteiger partial charge on any atom is -0.491 e. The van der Waals surface area contributed by atoms with Gasteiger partial charge in [-0.1, -0.05) is 12.1 Å². The number of nitrogens with two attached hydrogens (primary N) is 1. The molecule has 3 heteroatoms. The highest BCUT2D eigenvalue weighted by atomic mass is 16.5. The maximum absolute atomic E-state index is 6.34. The molecule has 106 valence electrons. The van der Waals surface area contributed by atoms with Crippen molar-refractivity contribution in [2.24, 2.45) is 5.73 Å². The lowest BCUT2D eigenvalue weighted by atomic mass is 9.99. The number of nitrogens with zero attached hydrogens (tertiary/aromatic N) is 1. The quantitative estimate of drug-likeness (QED) is 0.924. The average Bonchev–Trinajstić information content (AvgIpc) is 2.37. The van der Waals surface area contributed by atoms with Crippen LogP contribution in [0, 0.1) is 13.8 Å². The SMILES string of the molecule is Cc1cc(C(N)c2ccc(OC(C)C)cc2)cc(C)n1. The fourth-order valence-corrected chi connectivity index (χ4v) is 2.26. The van der Waals surface area contributed by atoms with Crippen LogP contribution in [0.4, 0.5) is 0 Å². The van der Waals surface area contributed by atoms with Gasteiger partial charge < -0.3 is 10.5 Å². The number of hydrogen-bond donors (Lipinski definition) is 1. The molecule has 0 aliphatic heterocycles. The van der Waals surface area contributed by atoms with E-state index in [1.54, 1.807) is 0 Å². The van der Waals surface area contributed by atoms with Crippen molar-refractivity contribution < 1.29 is 4.74 Å². The van der Waals surface area contributed by atoms with Gasteiger partial charge in [0.15, 0.2) is 0 Å². The van der Waals surface area contributed by atoms with Crippen molar-refractivity contribution in [2.75, 3.05) is 0 Å². The van der Waals surface area contributed by atoms with Crippen LogP contribution >= 0.6 is 0 Å². The minimum absolute atomic E-state index is 0.136. The van der Waals surface area contributed by atoms with Crippen LogP contribution in [-0.2, 0) is 0 Å². The lowest BCUT2D eigenvalue weighted by Gasteiger charge is -2.15. The van der Waals surface area contributed by atoms with E-state index in [2.05, 4.69) is 4.98 Å². The van der Waals surface area contributed by atoms with Crippen LogP contribution < -0.4 is 10.5 Å². The molecule has 1 heterocycles. The van der Waals surface area contributed by atoms with Crippen molar-refractivity contribution in [3.8, 4) is 5.75 Å². The standard InChI is InChI=1S/C17H22N2O/c1-11(2)20-16-7-5-14(6-8-16)17(18)15-9-12(3)19-13(4)10-15/h5-11,17H,18H2,1-4H3. The van der Waals surface area contributed by atoms with Crippen LogP contribution in [0.3, 0.4) is 0 Å². The highest BCUT2D eigenvalue weighted by Crippen LogP contribution is 2.23. The molecular weight excluding hydrogens is 248 g/mol. The molecule has 0 aliphatic carbocycles. The van der Waals surface area contributed by atoms with Crippen LogP contribution in [-0.4, -0.2) is 11.1 Å². The number of pyridine rings is 1. The second-order valence-corrected chi connectivity index (χ2v) is 5.40. The van der Waals surface area contributed by atoms with E-state index in [9.17, 15) is 0 Å². The first-order valence-electron chi connectivity index (χ1n) is 6.93. The van der Waals surface area contributed by atoms with Gasteiger partial charge >= 0.3 is 0 Å². The van der Waals surface area contributed by atoms with E-state index in [4.69, 9.17) is 10.5 Å². The fraction of sp³-hybridized carbons (Fsp3) is 0.353. The molecule has 0 fully saturated rings. The number of aromatic nitrogens is 1. The van der Waals surface area contributed by atoms with E-state index in [1.165, 1.54) is 0 Å². The summed E-state index contributed by atoms with van der Waals surface area (Å²) in [5, 5.41) is 0. The van der Waals surface area contributed by atoms with Crippen LogP contribution in [0.1, 0.15) is 42.4 Å². The number of hydrogen-bond acceptors (Lipinski definition) is 3. The van der Waals surface area contributed by atoms with E-state index in [0.717, 1.165) is 28.3 Å². The second kappa shape index (κ2) is 6.06. The highest BCUT2D eigenvalue weighted by molar-refractivity contribution is 5.36. The Kier molecular flexibility index (Phi) is 4.40. The Hall–Kier alpha value is -1.87. The molecule has 0 aliphatic rings. The third-order valence-corrected chi connectivity index (χ3v) is 3.07. The predicted molar refractivity (Wildman–Crippen MR) is 81.9 cm³/mol. The Morgan fingerprint density at radius 1 is 0.950 bits per heavy atom. The summed E-state index contributed by atoms with van der Waals surface area (Å²) in [7, 11) is 0. The third-order valence-electron chi connectivity index (χ3n) is 3.07. The zero-order valence-corrected chi connectivity index (χ0v) is 12.6. The molecule has 20 heavy (non-hydrogen) atoms. The van der Waals surface area contributed by atoms with E-state index in [-0.39, 0.29) is 12.1 Å². The Balaban J connectivity index is 2.22. The summed E-state index contributed by atoms with van der Waals surface area (Å²) < 4.78 is 5.64. The van der Waals surface area contributed by atoms with Gasteiger partial charge in [0.1, 0.15) is 5.75 Å². The van der Waals surface area contributed by atoms with E-state index in [0.29, 0.717) is 0 Å². The summed E-state index contributed by atoms with van der Waals surface area (Å²) in [5.41, 5.74) is 10.5. The summed E-state index contributed by atoms with van der Waals surface area (Å²) in [4.78, 5) is 4.38. The zero-order chi connectivity index (χ0) is 14.7. The molecule has 0 saturated carbocycles. The van der Waals surface area contributed by atoms with Gasteiger partial charge in [-0.3, -0.25) is 4.98 Å². The minimum atomic E-state index is -0.136. The molecule has 0 saturated heterocycles. The van der Waals surface area contributed by atoms with Crippen molar-refractivity contribution in [3.05, 3.63) is 58.9 Å². The monoisotopic (exact) mass is 270 g/mol. The Labute approximate surface area is 120 Å². The van der Waals surface area contributed by atoms with Crippen LogP contribution in [0.2, 0.25) is 0 Å². The number of ether oxygens (including phenoxy) is 1. The van der Waals surface area contributed by atoms with Gasteiger partial charge in [0.05, 0.1) is 12.1 Å². The lowest BCUT2D eigenvalue weighted by molar-refractivity contribution is 0.242. The topological polar surface area (TPSA) is 48.1 Å². The van der Waals surface area contributed by atoms with Crippen LogP contribution in [0.15, 0.2) is 36.4 Å². The molecule has 0 bridgehead atoms. The number of rotatable bonds is 4. The molecule has 1 atom stereocenters. The average molecular weight is 270 g/mol. The summed E-state index contributed by atoms with van der Waals surface area (Å²) in [5.74, 6) is 0.873. The van der Waals surface area contributed by atoms with Crippen molar-refractivity contribution in [3.63, 3.8) is 0 Å². The lowest BCUT2D eigenvalue weighted by Crippen LogP contribution is -2.13. The molecule has 2 rings (SSSR count). The Morgan fingerprint density at radius 2 is 1.50 bits per heavy atom. The van der Waals surface area contributed by atoms with Crippen LogP contribution in [0.25, 0.3) is 0 Å². The van der Waals surface area contributed by atoms with E-state index in [1.807, 2.05) is 64.1 Å². The smallest absolute Gasteiger partial charge is 0.119 e. The first-order valence-corrected chi connectivity index (χ1v) is 6.93. The van der Waals surface area contributed by atoms with Crippen molar-refractivity contribution in [1.82, 2.24) is 4.98 Å². The van der Waals surface area contributed by atoms with Gasteiger partial charge in [0, 0.05) is 11.4 Å². The molecule has 0 spiro atoms. The van der Waals surface area contributed by atoms with Gasteiger partial charge in [0.25, 0.3) is 0 Å². The predicted octanol–water partition coefficient (Wildman–Crippen LogP) is 3.53. The second-order valence-electron chi connectivity index (χ2n) is 5.40. The summed E-state index contributed by atoms with van der Waals surface area (Å²) in [6.07, 6.45) is 0.181. The van der Waals surface area contributed by atoms with Crippen molar-refractivity contribution in [1.29, 1.82) is 0 Å². The molecular formula is C17H22N2O. The molecule has 1 aromatic heterocycles. The molecule has 2 aromatic rings. The summed E-state index contributed by atoms with van der Waals surface area (Å²) >= 11 is 0. The van der Waals surface area contributed by atoms with Gasteiger partial charge in [-0.2, -0.15) is 0 Å². The number of aryl methyl sites for hydroxylation is 2. The Bertz CT molecular complexity index is 556. The summed E-state index contributed by atoms with van der Waals surface area (Å²) in [6, 6.07) is 11.9. The largest absolute Gasteiger partial charge is 0.491 e. The van der Waals surface area contributed by atoms with Gasteiger partial charge in [-0.15, -0.1) is 0 Å². The maximum atomic E-state index is 6.34. The maximum Gasteiger partial charge on any atom is 0.119 e. The van der Waals surface area contributed by atoms with Crippen molar-refractivity contribution >= 4 is 0 Å². The van der Waals surface area contributed by atoms with E-state index >= 15 is 0 Å². The van der Waals surface area contributed by atoms with Crippen LogP contribution in [0.5, 0.6) is 5.75 Å². The molecule has 3 nitrogen and oxygen atoms in total. The zero-order valence-electron chi connectivity index (χ0n) is 12.6. The van der Waals surface area contributed by atoms with E-state index < -0.39 is 0 Å². The van der Waals surface area contributed by atoms with Gasteiger partial charge in [-0.05, 0) is 63.1 Å². The molecule has 1 unspecified atom stereocenters. The third kappa shape index (κ3) is 3.58. The first-order chi connectivity index (χ1) is 9.45.